The molecule has 0 aromatic heterocycles. The third kappa shape index (κ3) is 4.84. The second-order valence-corrected chi connectivity index (χ2v) is 8.70. The maximum Gasteiger partial charge on any atom is 0.339 e. The summed E-state index contributed by atoms with van der Waals surface area (Å²) in [6.45, 7) is 1.34. The molecule has 0 radical (unpaired) electrons. The lowest BCUT2D eigenvalue weighted by Gasteiger charge is -2.09. The molecule has 1 heterocycles. The number of thioether (sulfide) groups is 1. The average molecular weight is 432 g/mol. The zero-order chi connectivity index (χ0) is 21.2. The van der Waals surface area contributed by atoms with Gasteiger partial charge < -0.3 is 9.92 Å². The summed E-state index contributed by atoms with van der Waals surface area (Å²) in [5.41, 5.74) is 6.41. The molecule has 0 atom stereocenters. The number of carbonyl (C=O) groups excluding carboxylic acids is 3. The molecular formula is C19H16N2O6S2. The van der Waals surface area contributed by atoms with Crippen molar-refractivity contribution < 1.29 is 27.0 Å². The maximum atomic E-state index is 12.4. The minimum absolute atomic E-state index is 0.0149. The number of carbonyl (C=O) groups is 3. The van der Waals surface area contributed by atoms with Crippen molar-refractivity contribution in [2.75, 3.05) is 6.54 Å². The Hall–Kier alpha value is -3.11. The van der Waals surface area contributed by atoms with E-state index in [9.17, 15) is 22.8 Å². The lowest BCUT2D eigenvalue weighted by atomic mass is 10.2. The van der Waals surface area contributed by atoms with Crippen LogP contribution >= 0.6 is 11.8 Å². The van der Waals surface area contributed by atoms with Crippen molar-refractivity contribution >= 4 is 45.0 Å². The van der Waals surface area contributed by atoms with Crippen LogP contribution in [-0.4, -0.2) is 36.9 Å². The molecule has 0 bridgehead atoms. The van der Waals surface area contributed by atoms with Crippen LogP contribution in [0.5, 0.6) is 5.75 Å². The second kappa shape index (κ2) is 8.10. The van der Waals surface area contributed by atoms with Gasteiger partial charge in [-0.3, -0.25) is 19.3 Å². The molecular weight excluding hydrogens is 416 g/mol. The highest BCUT2D eigenvalue weighted by atomic mass is 32.2. The summed E-state index contributed by atoms with van der Waals surface area (Å²) in [6, 6.07) is 12.3. The Bertz CT molecular complexity index is 1120. The molecule has 29 heavy (non-hydrogen) atoms. The van der Waals surface area contributed by atoms with Crippen molar-refractivity contribution in [3.63, 3.8) is 0 Å². The van der Waals surface area contributed by atoms with Crippen molar-refractivity contribution in [3.8, 4) is 5.75 Å². The number of benzene rings is 2. The Morgan fingerprint density at radius 3 is 2.52 bits per heavy atom. The third-order valence-electron chi connectivity index (χ3n) is 3.86. The Balaban J connectivity index is 1.82. The van der Waals surface area contributed by atoms with E-state index in [2.05, 4.69) is 0 Å². The van der Waals surface area contributed by atoms with Gasteiger partial charge in [-0.25, -0.2) is 0 Å². The Morgan fingerprint density at radius 1 is 1.17 bits per heavy atom. The number of imide groups is 1. The second-order valence-electron chi connectivity index (χ2n) is 6.16. The Labute approximate surface area is 171 Å². The summed E-state index contributed by atoms with van der Waals surface area (Å²) >= 11 is 0.668. The fourth-order valence-corrected chi connectivity index (χ4v) is 4.24. The first-order chi connectivity index (χ1) is 13.7. The molecule has 1 aliphatic heterocycles. The van der Waals surface area contributed by atoms with Gasteiger partial charge in [-0.15, -0.1) is 0 Å². The van der Waals surface area contributed by atoms with Crippen molar-refractivity contribution in [2.24, 2.45) is 5.73 Å². The number of primary amides is 1. The van der Waals surface area contributed by atoms with E-state index < -0.39 is 33.7 Å². The van der Waals surface area contributed by atoms with Gasteiger partial charge in [0.15, 0.2) is 0 Å². The molecule has 3 rings (SSSR count). The summed E-state index contributed by atoms with van der Waals surface area (Å²) in [7, 11) is -4.02. The van der Waals surface area contributed by atoms with E-state index >= 15 is 0 Å². The zero-order valence-electron chi connectivity index (χ0n) is 15.2. The summed E-state index contributed by atoms with van der Waals surface area (Å²) < 4.78 is 30.0. The van der Waals surface area contributed by atoms with Crippen LogP contribution in [0.15, 0.2) is 58.3 Å². The van der Waals surface area contributed by atoms with E-state index in [0.29, 0.717) is 17.3 Å². The number of nitrogens with two attached hydrogens (primary N) is 1. The number of rotatable bonds is 6. The summed E-state index contributed by atoms with van der Waals surface area (Å²) in [5.74, 6) is -1.39. The topological polar surface area (TPSA) is 124 Å². The minimum atomic E-state index is -4.02. The van der Waals surface area contributed by atoms with Crippen LogP contribution in [0.2, 0.25) is 0 Å². The molecule has 10 heteroatoms. The molecule has 1 fully saturated rings. The van der Waals surface area contributed by atoms with E-state index in [1.165, 1.54) is 30.3 Å². The van der Waals surface area contributed by atoms with Crippen LogP contribution in [-0.2, 0) is 19.7 Å². The molecule has 1 saturated heterocycles. The monoisotopic (exact) mass is 432 g/mol. The van der Waals surface area contributed by atoms with Gasteiger partial charge in [-0.05, 0) is 54.6 Å². The van der Waals surface area contributed by atoms with Crippen molar-refractivity contribution in [2.45, 2.75) is 11.8 Å². The Morgan fingerprint density at radius 2 is 1.86 bits per heavy atom. The lowest BCUT2D eigenvalue weighted by Crippen LogP contribution is -2.36. The largest absolute Gasteiger partial charge is 0.379 e. The normalized spacial score (nSPS) is 15.8. The van der Waals surface area contributed by atoms with Gasteiger partial charge >= 0.3 is 10.1 Å². The van der Waals surface area contributed by atoms with Crippen molar-refractivity contribution in [3.05, 3.63) is 64.6 Å². The quantitative estimate of drug-likeness (QED) is 0.548. The van der Waals surface area contributed by atoms with E-state index in [-0.39, 0.29) is 15.6 Å². The Kier molecular flexibility index (Phi) is 5.76. The third-order valence-corrected chi connectivity index (χ3v) is 6.03. The lowest BCUT2D eigenvalue weighted by molar-refractivity contribution is -0.127. The number of amides is 3. The molecule has 0 unspecified atom stereocenters. The zero-order valence-corrected chi connectivity index (χ0v) is 16.8. The summed E-state index contributed by atoms with van der Waals surface area (Å²) in [4.78, 5) is 36.0. The van der Waals surface area contributed by atoms with Crippen LogP contribution in [0.1, 0.15) is 11.1 Å². The first kappa shape index (κ1) is 20.6. The number of aryl methyl sites for hydroxylation is 1. The van der Waals surface area contributed by atoms with E-state index in [1.54, 1.807) is 24.3 Å². The predicted molar refractivity (Wildman–Crippen MR) is 107 cm³/mol. The SMILES string of the molecule is Cc1ccc(S(=O)(=O)Oc2cccc(/C=C3\SC(=O)N(CC(N)=O)C3=O)c2)cc1. The van der Waals surface area contributed by atoms with Crippen LogP contribution in [0, 0.1) is 6.92 Å². The van der Waals surface area contributed by atoms with Gasteiger partial charge in [0.05, 0.1) is 4.91 Å². The number of nitrogens with zero attached hydrogens (tertiary/aromatic N) is 1. The summed E-state index contributed by atoms with van der Waals surface area (Å²) in [5, 5.41) is -0.602. The van der Waals surface area contributed by atoms with Gasteiger partial charge in [0.25, 0.3) is 11.1 Å². The number of hydrogen-bond acceptors (Lipinski definition) is 7. The molecule has 1 aliphatic rings. The molecule has 0 saturated carbocycles. The first-order valence-corrected chi connectivity index (χ1v) is 10.5. The highest BCUT2D eigenvalue weighted by molar-refractivity contribution is 8.18. The maximum absolute atomic E-state index is 12.4. The molecule has 2 aromatic carbocycles. The highest BCUT2D eigenvalue weighted by Crippen LogP contribution is 2.32. The standard InChI is InChI=1S/C19H16N2O6S2/c1-12-5-7-15(8-6-12)29(25,26)27-14-4-2-3-13(9-14)10-16-18(23)21(11-17(20)22)19(24)28-16/h2-10H,11H2,1H3,(H2,20,22)/b16-10-. The van der Waals surface area contributed by atoms with Gasteiger partial charge in [0.2, 0.25) is 5.91 Å². The van der Waals surface area contributed by atoms with Gasteiger partial charge in [0, 0.05) is 0 Å². The molecule has 2 aromatic rings. The van der Waals surface area contributed by atoms with Crippen LogP contribution < -0.4 is 9.92 Å². The fourth-order valence-electron chi connectivity index (χ4n) is 2.48. The molecule has 0 aliphatic carbocycles. The van der Waals surface area contributed by atoms with Crippen LogP contribution in [0.25, 0.3) is 6.08 Å². The van der Waals surface area contributed by atoms with Crippen molar-refractivity contribution in [1.82, 2.24) is 4.90 Å². The fraction of sp³-hybridized carbons (Fsp3) is 0.105. The molecule has 2 N–H and O–H groups in total. The highest BCUT2D eigenvalue weighted by Gasteiger charge is 2.35. The van der Waals surface area contributed by atoms with Gasteiger partial charge in [0.1, 0.15) is 17.2 Å². The van der Waals surface area contributed by atoms with Crippen LogP contribution in [0.3, 0.4) is 0 Å². The van der Waals surface area contributed by atoms with Crippen LogP contribution in [0.4, 0.5) is 4.79 Å². The minimum Gasteiger partial charge on any atom is -0.379 e. The number of hydrogen-bond donors (Lipinski definition) is 1. The molecule has 3 amide bonds. The molecule has 150 valence electrons. The van der Waals surface area contributed by atoms with E-state index in [1.807, 2.05) is 6.92 Å². The van der Waals surface area contributed by atoms with Gasteiger partial charge in [-0.1, -0.05) is 29.8 Å². The van der Waals surface area contributed by atoms with E-state index in [0.717, 1.165) is 10.5 Å². The molecule has 0 spiro atoms. The average Bonchev–Trinajstić information content (AvgIpc) is 2.89. The predicted octanol–water partition coefficient (Wildman–Crippen LogP) is 2.28. The smallest absolute Gasteiger partial charge is 0.339 e. The summed E-state index contributed by atoms with van der Waals surface area (Å²) in [6.07, 6.45) is 1.41. The first-order valence-electron chi connectivity index (χ1n) is 8.30. The van der Waals surface area contributed by atoms with Gasteiger partial charge in [-0.2, -0.15) is 8.42 Å². The molecule has 8 nitrogen and oxygen atoms in total. The van der Waals surface area contributed by atoms with Crippen molar-refractivity contribution in [1.29, 1.82) is 0 Å². The van der Waals surface area contributed by atoms with E-state index in [4.69, 9.17) is 9.92 Å².